The number of hydrogen-bond donors (Lipinski definition) is 0. The average Bonchev–Trinajstić information content (AvgIpc) is 4.11. The minimum Gasteiger partial charge on any atom is -0.456 e. The van der Waals surface area contributed by atoms with Crippen LogP contribution in [0.3, 0.4) is 0 Å². The number of fused-ring (bicyclic) bond motifs is 6. The molecule has 8 aromatic carbocycles. The third kappa shape index (κ3) is 5.79. The van der Waals surface area contributed by atoms with Crippen molar-refractivity contribution < 1.29 is 39.0 Å². The van der Waals surface area contributed by atoms with E-state index in [2.05, 4.69) is 0 Å². The van der Waals surface area contributed by atoms with Crippen LogP contribution in [-0.2, 0) is 0 Å². The Morgan fingerprint density at radius 1 is 0.386 bits per heavy atom. The number of hydrogen-bond acceptors (Lipinski definition) is 6. The van der Waals surface area contributed by atoms with Crippen LogP contribution < -0.4 is 4.90 Å². The summed E-state index contributed by atoms with van der Waals surface area (Å²) in [6.45, 7) is 0. The van der Waals surface area contributed by atoms with Gasteiger partial charge in [-0.3, -0.25) is 0 Å². The van der Waals surface area contributed by atoms with E-state index >= 15 is 0 Å². The first-order valence-corrected chi connectivity index (χ1v) is 17.2. The fourth-order valence-electron chi connectivity index (χ4n) is 6.30. The maximum absolute atomic E-state index is 9.96. The van der Waals surface area contributed by atoms with E-state index < -0.39 is 200 Å². The monoisotopic (exact) mass is 754 g/mol. The van der Waals surface area contributed by atoms with Crippen molar-refractivity contribution in [3.05, 3.63) is 194 Å². The SMILES string of the molecule is [2H]c1c([2H])c([2H])c(-c2c([2H])c([2H])c(N(c3c([2H])c([2H])c4c(oc5c([2H])c([2H])c([2H])c(-c6nc(-c7ccccc7)nc(-c7ccccc7)n6)c54)c3[2H])c3c([2H])c([2H])c4oc5c([2H])c([2H])c([2H])c([2H])c5c4c3[2H])c([2H])c2[2H])c([2H])c1[2H]. The van der Waals surface area contributed by atoms with Gasteiger partial charge in [0.1, 0.15) is 22.3 Å². The van der Waals surface area contributed by atoms with Gasteiger partial charge in [-0.15, -0.1) is 0 Å². The molecule has 6 nitrogen and oxygen atoms in total. The Morgan fingerprint density at radius 3 is 1.72 bits per heavy atom. The fraction of sp³-hybridized carbons (Fsp3) is 0. The summed E-state index contributed by atoms with van der Waals surface area (Å²) in [5, 5.41) is -1.69. The van der Waals surface area contributed by atoms with Crippen LogP contribution in [0.5, 0.6) is 0 Å². The minimum atomic E-state index is -1.13. The maximum atomic E-state index is 9.96. The summed E-state index contributed by atoms with van der Waals surface area (Å²) in [5.41, 5.74) is -5.93. The summed E-state index contributed by atoms with van der Waals surface area (Å²) in [7, 11) is 0. The van der Waals surface area contributed by atoms with Gasteiger partial charge in [0.05, 0.1) is 30.2 Å². The zero-order valence-corrected chi connectivity index (χ0v) is 28.9. The van der Waals surface area contributed by atoms with Crippen molar-refractivity contribution in [2.24, 2.45) is 0 Å². The highest BCUT2D eigenvalue weighted by Crippen LogP contribution is 2.43. The standard InChI is InChI=1S/C51H32N4O2/c1-4-13-33(14-5-1)34-23-25-37(26-24-34)55(38-28-30-45-43(31-38)40-19-10-11-21-44(40)56-45)39-27-29-41-47(32-39)57-46-22-12-20-42(48(41)46)51-53-49(35-15-6-2-7-16-35)52-50(54-51)36-17-8-3-9-18-36/h1-32H/i1D,4D,5D,10D,11D,12D,13D,14D,19D,20D,21D,22D,23D,24D,25D,26D,27D,28D,29D,30D,31D,32D. The molecule has 0 aliphatic rings. The number of aromatic nitrogens is 3. The van der Waals surface area contributed by atoms with E-state index in [9.17, 15) is 15.1 Å². The van der Waals surface area contributed by atoms with Gasteiger partial charge in [0.15, 0.2) is 17.5 Å². The molecule has 0 bridgehead atoms. The van der Waals surface area contributed by atoms with E-state index in [-0.39, 0.29) is 28.4 Å². The lowest BCUT2D eigenvalue weighted by Crippen LogP contribution is -2.09. The van der Waals surface area contributed by atoms with Crippen molar-refractivity contribution in [1.82, 2.24) is 15.0 Å². The summed E-state index contributed by atoms with van der Waals surface area (Å²) in [6.07, 6.45) is 0. The highest BCUT2D eigenvalue weighted by molar-refractivity contribution is 6.13. The number of furan rings is 2. The molecule has 0 amide bonds. The van der Waals surface area contributed by atoms with E-state index in [1.165, 1.54) is 0 Å². The largest absolute Gasteiger partial charge is 0.456 e. The molecular formula is C51H32N4O2. The van der Waals surface area contributed by atoms with Gasteiger partial charge in [-0.05, 0) is 65.5 Å². The number of para-hydroxylation sites is 1. The first-order valence-electron chi connectivity index (χ1n) is 28.2. The number of nitrogens with zero attached hydrogens (tertiary/aromatic N) is 4. The van der Waals surface area contributed by atoms with Crippen molar-refractivity contribution in [3.63, 3.8) is 0 Å². The van der Waals surface area contributed by atoms with Crippen LogP contribution in [0, 0.1) is 0 Å². The highest BCUT2D eigenvalue weighted by atomic mass is 16.3. The van der Waals surface area contributed by atoms with Crippen molar-refractivity contribution in [3.8, 4) is 45.3 Å². The van der Waals surface area contributed by atoms with Gasteiger partial charge in [0, 0.05) is 61.3 Å². The molecule has 3 heterocycles. The Balaban J connectivity index is 1.29. The molecule has 6 heteroatoms. The van der Waals surface area contributed by atoms with Crippen LogP contribution in [-0.4, -0.2) is 15.0 Å². The zero-order chi connectivity index (χ0) is 56.9. The van der Waals surface area contributed by atoms with Gasteiger partial charge < -0.3 is 13.7 Å². The van der Waals surface area contributed by atoms with Crippen molar-refractivity contribution in [1.29, 1.82) is 0 Å². The van der Waals surface area contributed by atoms with Crippen molar-refractivity contribution in [2.45, 2.75) is 0 Å². The average molecular weight is 755 g/mol. The van der Waals surface area contributed by atoms with Crippen molar-refractivity contribution >= 4 is 60.9 Å². The minimum absolute atomic E-state index is 0.110. The molecule has 11 rings (SSSR count). The summed E-state index contributed by atoms with van der Waals surface area (Å²) in [4.78, 5) is 14.6. The fourth-order valence-corrected chi connectivity index (χ4v) is 6.30. The molecule has 0 N–H and O–H groups in total. The van der Waals surface area contributed by atoms with Gasteiger partial charge in [-0.25, -0.2) is 15.0 Å². The molecule has 57 heavy (non-hydrogen) atoms. The van der Waals surface area contributed by atoms with Gasteiger partial charge in [-0.1, -0.05) is 133 Å². The third-order valence-electron chi connectivity index (χ3n) is 8.89. The van der Waals surface area contributed by atoms with Gasteiger partial charge >= 0.3 is 0 Å². The first-order chi connectivity index (χ1) is 37.4. The van der Waals surface area contributed by atoms with Crippen LogP contribution >= 0.6 is 0 Å². The first kappa shape index (κ1) is 17.3. The lowest BCUT2D eigenvalue weighted by molar-refractivity contribution is 0.668. The third-order valence-corrected chi connectivity index (χ3v) is 8.89. The van der Waals surface area contributed by atoms with Crippen molar-refractivity contribution in [2.75, 3.05) is 4.90 Å². The van der Waals surface area contributed by atoms with Crippen LogP contribution in [0.2, 0.25) is 0 Å². The molecule has 0 spiro atoms. The number of benzene rings is 8. The van der Waals surface area contributed by atoms with E-state index in [1.54, 1.807) is 60.7 Å². The molecule has 0 atom stereocenters. The van der Waals surface area contributed by atoms with Crippen LogP contribution in [0.15, 0.2) is 202 Å². The maximum Gasteiger partial charge on any atom is 0.164 e. The molecule has 268 valence electrons. The second-order valence-electron chi connectivity index (χ2n) is 12.3. The van der Waals surface area contributed by atoms with Gasteiger partial charge in [0.2, 0.25) is 0 Å². The quantitative estimate of drug-likeness (QED) is 0.161. The van der Waals surface area contributed by atoms with Gasteiger partial charge in [0.25, 0.3) is 0 Å². The predicted molar refractivity (Wildman–Crippen MR) is 231 cm³/mol. The summed E-state index contributed by atoms with van der Waals surface area (Å²) in [5.74, 6) is -0.0252. The second-order valence-corrected chi connectivity index (χ2v) is 12.3. The molecule has 0 fully saturated rings. The predicted octanol–water partition coefficient (Wildman–Crippen LogP) is 13.8. The summed E-state index contributed by atoms with van der Waals surface area (Å²) in [6, 6.07) is -2.24. The van der Waals surface area contributed by atoms with Crippen LogP contribution in [0.25, 0.3) is 89.2 Å². The van der Waals surface area contributed by atoms with E-state index in [4.69, 9.17) is 38.9 Å². The summed E-state index contributed by atoms with van der Waals surface area (Å²) < 4.78 is 212. The number of rotatable bonds is 7. The smallest absolute Gasteiger partial charge is 0.164 e. The molecular weight excluding hydrogens is 701 g/mol. The zero-order valence-electron chi connectivity index (χ0n) is 50.9. The lowest BCUT2D eigenvalue weighted by Gasteiger charge is -2.25. The molecule has 3 aromatic heterocycles. The topological polar surface area (TPSA) is 68.2 Å². The van der Waals surface area contributed by atoms with Crippen LogP contribution in [0.4, 0.5) is 17.1 Å². The van der Waals surface area contributed by atoms with E-state index in [0.29, 0.717) is 16.0 Å². The Hall–Kier alpha value is -7.83. The van der Waals surface area contributed by atoms with E-state index in [0.717, 1.165) is 0 Å². The van der Waals surface area contributed by atoms with Crippen LogP contribution in [0.1, 0.15) is 30.2 Å². The Kier molecular flexibility index (Phi) is 4.10. The van der Waals surface area contributed by atoms with Gasteiger partial charge in [-0.2, -0.15) is 0 Å². The lowest BCUT2D eigenvalue weighted by atomic mass is 10.0. The normalized spacial score (nSPS) is 16.9. The molecule has 0 saturated carbocycles. The molecule has 0 unspecified atom stereocenters. The molecule has 0 radical (unpaired) electrons. The molecule has 0 aliphatic carbocycles. The Morgan fingerprint density at radius 2 is 0.965 bits per heavy atom. The summed E-state index contributed by atoms with van der Waals surface area (Å²) >= 11 is 0. The molecule has 0 aliphatic heterocycles. The second kappa shape index (κ2) is 13.5. The Bertz CT molecular complexity index is 4420. The molecule has 0 saturated heterocycles. The number of anilines is 3. The molecule has 11 aromatic rings. The van der Waals surface area contributed by atoms with E-state index in [1.807, 2.05) is 0 Å². The Labute approximate surface area is 358 Å². The highest BCUT2D eigenvalue weighted by Gasteiger charge is 2.21.